The third-order valence-corrected chi connectivity index (χ3v) is 5.12. The van der Waals surface area contributed by atoms with E-state index in [-0.39, 0.29) is 25.6 Å². The molecule has 0 radical (unpaired) electrons. The first-order valence-electron chi connectivity index (χ1n) is 10.5. The number of hydrogen-bond donors (Lipinski definition) is 3. The molecular weight excluding hydrogens is 443 g/mol. The number of ether oxygens (including phenoxy) is 3. The van der Waals surface area contributed by atoms with Crippen molar-refractivity contribution in [3.63, 3.8) is 0 Å². The van der Waals surface area contributed by atoms with Crippen LogP contribution in [0.1, 0.15) is 23.0 Å². The van der Waals surface area contributed by atoms with E-state index in [1.54, 1.807) is 36.4 Å². The van der Waals surface area contributed by atoms with Crippen molar-refractivity contribution < 1.29 is 33.6 Å². The molecule has 1 heterocycles. The summed E-state index contributed by atoms with van der Waals surface area (Å²) in [4.78, 5) is 17.2. The largest absolute Gasteiger partial charge is 0.494 e. The van der Waals surface area contributed by atoms with E-state index in [1.165, 1.54) is 39.3 Å². The molecule has 0 aliphatic heterocycles. The van der Waals surface area contributed by atoms with Crippen LogP contribution in [0.2, 0.25) is 0 Å². The van der Waals surface area contributed by atoms with Crippen LogP contribution in [0.15, 0.2) is 54.6 Å². The molecule has 0 bridgehead atoms. The number of carbonyl (C=O) groups excluding carboxylic acids is 1. The molecule has 3 N–H and O–H groups in total. The summed E-state index contributed by atoms with van der Waals surface area (Å²) in [5, 5.41) is 22.7. The van der Waals surface area contributed by atoms with Crippen LogP contribution in [0.25, 0.3) is 11.3 Å². The fourth-order valence-corrected chi connectivity index (χ4v) is 3.25. The average molecular weight is 470 g/mol. The normalized spacial score (nSPS) is 12.5. The molecule has 0 fully saturated rings. The zero-order valence-corrected chi connectivity index (χ0v) is 19.2. The minimum Gasteiger partial charge on any atom is -0.494 e. The summed E-state index contributed by atoms with van der Waals surface area (Å²) < 4.78 is 29.3. The third-order valence-electron chi connectivity index (χ3n) is 5.12. The number of pyridine rings is 1. The number of aromatic nitrogens is 1. The number of amides is 1. The Morgan fingerprint density at radius 1 is 1.03 bits per heavy atom. The van der Waals surface area contributed by atoms with Crippen LogP contribution in [0.4, 0.5) is 4.39 Å². The van der Waals surface area contributed by atoms with Gasteiger partial charge in [-0.1, -0.05) is 0 Å². The zero-order chi connectivity index (χ0) is 24.7. The molecule has 9 heteroatoms. The quantitative estimate of drug-likeness (QED) is 0.418. The molecule has 0 saturated carbocycles. The van der Waals surface area contributed by atoms with Gasteiger partial charge in [-0.25, -0.2) is 9.37 Å². The van der Waals surface area contributed by atoms with Crippen molar-refractivity contribution in [1.82, 2.24) is 10.3 Å². The van der Waals surface area contributed by atoms with Crippen LogP contribution in [0.5, 0.6) is 17.2 Å². The highest BCUT2D eigenvalue weighted by atomic mass is 19.1. The van der Waals surface area contributed by atoms with Gasteiger partial charge >= 0.3 is 0 Å². The SMILES string of the molecule is COc1cc(C(=O)NCC(C)(O)c2ccc(OC)c(-c3ccc(F)cc3)n2)ccc1OCCO. The molecule has 1 amide bonds. The Hall–Kier alpha value is -3.69. The maximum absolute atomic E-state index is 13.3. The van der Waals surface area contributed by atoms with Gasteiger partial charge in [0.25, 0.3) is 5.91 Å². The highest BCUT2D eigenvalue weighted by molar-refractivity contribution is 5.95. The average Bonchev–Trinajstić information content (AvgIpc) is 2.86. The Bertz CT molecular complexity index is 1130. The summed E-state index contributed by atoms with van der Waals surface area (Å²) in [5.74, 6) is 0.396. The smallest absolute Gasteiger partial charge is 0.251 e. The van der Waals surface area contributed by atoms with Gasteiger partial charge in [-0.3, -0.25) is 4.79 Å². The van der Waals surface area contributed by atoms with Crippen molar-refractivity contribution >= 4 is 5.91 Å². The summed E-state index contributed by atoms with van der Waals surface area (Å²) in [6.45, 7) is 1.35. The molecule has 0 aliphatic rings. The fourth-order valence-electron chi connectivity index (χ4n) is 3.25. The molecule has 0 spiro atoms. The van der Waals surface area contributed by atoms with E-state index in [0.717, 1.165) is 0 Å². The van der Waals surface area contributed by atoms with Crippen LogP contribution in [-0.2, 0) is 5.60 Å². The number of benzene rings is 2. The number of rotatable bonds is 10. The molecule has 3 aromatic rings. The van der Waals surface area contributed by atoms with Crippen LogP contribution in [-0.4, -0.2) is 55.1 Å². The second kappa shape index (κ2) is 11.0. The zero-order valence-electron chi connectivity index (χ0n) is 19.2. The first-order chi connectivity index (χ1) is 16.3. The van der Waals surface area contributed by atoms with Gasteiger partial charge in [-0.2, -0.15) is 0 Å². The molecule has 34 heavy (non-hydrogen) atoms. The van der Waals surface area contributed by atoms with E-state index in [0.29, 0.717) is 39.8 Å². The van der Waals surface area contributed by atoms with Crippen LogP contribution >= 0.6 is 0 Å². The van der Waals surface area contributed by atoms with Crippen molar-refractivity contribution in [3.8, 4) is 28.5 Å². The standard InChI is InChI=1S/C25H27FN2O6/c1-25(31,15-27-24(30)17-6-9-19(34-13-12-29)21(14-17)33-3)22-11-10-20(32-2)23(28-22)16-4-7-18(26)8-5-16/h4-11,14,29,31H,12-13,15H2,1-3H3,(H,27,30). The number of aliphatic hydroxyl groups is 2. The van der Waals surface area contributed by atoms with Gasteiger partial charge in [0, 0.05) is 11.1 Å². The maximum atomic E-state index is 13.3. The summed E-state index contributed by atoms with van der Waals surface area (Å²) >= 11 is 0. The van der Waals surface area contributed by atoms with Crippen LogP contribution in [0.3, 0.4) is 0 Å². The molecule has 1 atom stereocenters. The molecule has 0 aliphatic carbocycles. The van der Waals surface area contributed by atoms with E-state index in [1.807, 2.05) is 0 Å². The minimum atomic E-state index is -1.51. The number of hydrogen-bond acceptors (Lipinski definition) is 7. The van der Waals surface area contributed by atoms with Gasteiger partial charge in [0.05, 0.1) is 33.1 Å². The second-order valence-electron chi connectivity index (χ2n) is 7.65. The summed E-state index contributed by atoms with van der Waals surface area (Å²) in [6, 6.07) is 13.7. The molecular formula is C25H27FN2O6. The number of nitrogens with one attached hydrogen (secondary N) is 1. The Morgan fingerprint density at radius 3 is 2.35 bits per heavy atom. The van der Waals surface area contributed by atoms with Gasteiger partial charge < -0.3 is 29.7 Å². The van der Waals surface area contributed by atoms with Crippen molar-refractivity contribution in [3.05, 3.63) is 71.7 Å². The first-order valence-corrected chi connectivity index (χ1v) is 10.5. The van der Waals surface area contributed by atoms with Gasteiger partial charge in [0.15, 0.2) is 11.5 Å². The Morgan fingerprint density at radius 2 is 1.71 bits per heavy atom. The minimum absolute atomic E-state index is 0.0968. The fraction of sp³-hybridized carbons (Fsp3) is 0.280. The highest BCUT2D eigenvalue weighted by Gasteiger charge is 2.27. The lowest BCUT2D eigenvalue weighted by Crippen LogP contribution is -2.39. The van der Waals surface area contributed by atoms with E-state index < -0.39 is 11.5 Å². The van der Waals surface area contributed by atoms with Crippen LogP contribution in [0, 0.1) is 5.82 Å². The van der Waals surface area contributed by atoms with Crippen molar-refractivity contribution in [2.24, 2.45) is 0 Å². The highest BCUT2D eigenvalue weighted by Crippen LogP contribution is 2.31. The predicted octanol–water partition coefficient (Wildman–Crippen LogP) is 2.91. The lowest BCUT2D eigenvalue weighted by Gasteiger charge is -2.24. The van der Waals surface area contributed by atoms with E-state index in [4.69, 9.17) is 19.3 Å². The first kappa shape index (κ1) is 24.9. The molecule has 180 valence electrons. The Balaban J connectivity index is 1.77. The lowest BCUT2D eigenvalue weighted by molar-refractivity contribution is 0.0489. The Labute approximate surface area is 196 Å². The third kappa shape index (κ3) is 5.81. The molecule has 3 rings (SSSR count). The molecule has 1 aromatic heterocycles. The van der Waals surface area contributed by atoms with E-state index in [9.17, 15) is 14.3 Å². The summed E-state index contributed by atoms with van der Waals surface area (Å²) in [7, 11) is 2.94. The van der Waals surface area contributed by atoms with Crippen molar-refractivity contribution in [2.75, 3.05) is 34.0 Å². The number of halogens is 1. The molecule has 8 nitrogen and oxygen atoms in total. The molecule has 0 saturated heterocycles. The van der Waals surface area contributed by atoms with Gasteiger partial charge in [0.1, 0.15) is 29.5 Å². The van der Waals surface area contributed by atoms with Crippen molar-refractivity contribution in [1.29, 1.82) is 0 Å². The molecule has 2 aromatic carbocycles. The Kier molecular flexibility index (Phi) is 8.04. The summed E-state index contributed by atoms with van der Waals surface area (Å²) in [5.41, 5.74) is 0.160. The van der Waals surface area contributed by atoms with Gasteiger partial charge in [-0.05, 0) is 61.5 Å². The lowest BCUT2D eigenvalue weighted by atomic mass is 9.99. The topological polar surface area (TPSA) is 110 Å². The summed E-state index contributed by atoms with van der Waals surface area (Å²) in [6.07, 6.45) is 0. The van der Waals surface area contributed by atoms with Gasteiger partial charge in [-0.15, -0.1) is 0 Å². The van der Waals surface area contributed by atoms with Crippen molar-refractivity contribution in [2.45, 2.75) is 12.5 Å². The monoisotopic (exact) mass is 470 g/mol. The van der Waals surface area contributed by atoms with Gasteiger partial charge in [0.2, 0.25) is 0 Å². The maximum Gasteiger partial charge on any atom is 0.251 e. The van der Waals surface area contributed by atoms with Crippen LogP contribution < -0.4 is 19.5 Å². The number of carbonyl (C=O) groups is 1. The predicted molar refractivity (Wildman–Crippen MR) is 124 cm³/mol. The van der Waals surface area contributed by atoms with E-state index >= 15 is 0 Å². The number of methoxy groups -OCH3 is 2. The number of nitrogens with zero attached hydrogens (tertiary/aromatic N) is 1. The second-order valence-corrected chi connectivity index (χ2v) is 7.65. The van der Waals surface area contributed by atoms with E-state index in [2.05, 4.69) is 10.3 Å². The molecule has 1 unspecified atom stereocenters. The number of aliphatic hydroxyl groups excluding tert-OH is 1.